The maximum Gasteiger partial charge on any atom is 0.310 e. The quantitative estimate of drug-likeness (QED) is 0.604. The van der Waals surface area contributed by atoms with Crippen LogP contribution in [0.15, 0.2) is 12.1 Å². The molecule has 1 aromatic carbocycles. The minimum Gasteiger partial charge on any atom is -0.490 e. The van der Waals surface area contributed by atoms with Crippen molar-refractivity contribution in [2.75, 3.05) is 33.4 Å². The molecule has 0 aromatic heterocycles. The largest absolute Gasteiger partial charge is 0.490 e. The summed E-state index contributed by atoms with van der Waals surface area (Å²) in [6, 6.07) is 2.92. The number of nitrogens with zero attached hydrogens (tertiary/aromatic N) is 1. The molecule has 1 aromatic rings. The van der Waals surface area contributed by atoms with Crippen LogP contribution in [0.4, 0.5) is 4.39 Å². The molecule has 0 aliphatic carbocycles. The Labute approximate surface area is 147 Å². The second kappa shape index (κ2) is 10.5. The number of hydrogen-bond acceptors (Lipinski definition) is 5. The topological polar surface area (TPSA) is 65.1 Å². The van der Waals surface area contributed by atoms with Crippen molar-refractivity contribution >= 4 is 11.9 Å². The zero-order valence-corrected chi connectivity index (χ0v) is 15.3. The average Bonchev–Trinajstić information content (AvgIpc) is 2.61. The monoisotopic (exact) mass is 355 g/mol. The van der Waals surface area contributed by atoms with Crippen molar-refractivity contribution < 1.29 is 28.2 Å². The van der Waals surface area contributed by atoms with Crippen LogP contribution in [0, 0.1) is 5.82 Å². The Bertz CT molecular complexity index is 587. The maximum absolute atomic E-state index is 14.5. The van der Waals surface area contributed by atoms with Gasteiger partial charge in [0, 0.05) is 18.7 Å². The lowest BCUT2D eigenvalue weighted by atomic mass is 10.1. The molecule has 1 rings (SSSR count). The van der Waals surface area contributed by atoms with Crippen LogP contribution in [-0.4, -0.2) is 50.2 Å². The Kier molecular flexibility index (Phi) is 8.74. The van der Waals surface area contributed by atoms with Crippen LogP contribution in [0.1, 0.15) is 32.8 Å². The van der Waals surface area contributed by atoms with Crippen molar-refractivity contribution in [3.63, 3.8) is 0 Å². The molecule has 25 heavy (non-hydrogen) atoms. The molecule has 0 atom stereocenters. The van der Waals surface area contributed by atoms with Gasteiger partial charge in [0.25, 0.3) is 5.91 Å². The maximum atomic E-state index is 14.5. The van der Waals surface area contributed by atoms with Crippen molar-refractivity contribution in [3.8, 4) is 11.5 Å². The molecule has 0 aliphatic heterocycles. The first kappa shape index (κ1) is 20.7. The van der Waals surface area contributed by atoms with Crippen molar-refractivity contribution in [1.82, 2.24) is 4.90 Å². The fraction of sp³-hybridized carbons (Fsp3) is 0.556. The zero-order valence-electron chi connectivity index (χ0n) is 15.3. The summed E-state index contributed by atoms with van der Waals surface area (Å²) in [5.41, 5.74) is 0.153. The van der Waals surface area contributed by atoms with Gasteiger partial charge in [-0.1, -0.05) is 13.0 Å². The Morgan fingerprint density at radius 3 is 2.40 bits per heavy atom. The lowest BCUT2D eigenvalue weighted by Crippen LogP contribution is -2.34. The van der Waals surface area contributed by atoms with Gasteiger partial charge < -0.3 is 19.1 Å². The van der Waals surface area contributed by atoms with E-state index >= 15 is 0 Å². The first-order chi connectivity index (χ1) is 12.0. The minimum atomic E-state index is -0.691. The fourth-order valence-electron chi connectivity index (χ4n) is 2.25. The van der Waals surface area contributed by atoms with Gasteiger partial charge in [0.2, 0.25) is 0 Å². The molecule has 0 unspecified atom stereocenters. The van der Waals surface area contributed by atoms with E-state index in [2.05, 4.69) is 0 Å². The van der Waals surface area contributed by atoms with E-state index in [0.717, 1.165) is 0 Å². The summed E-state index contributed by atoms with van der Waals surface area (Å²) >= 11 is 0. The van der Waals surface area contributed by atoms with Gasteiger partial charge in [-0.2, -0.15) is 0 Å². The number of benzene rings is 1. The molecule has 0 N–H and O–H groups in total. The van der Waals surface area contributed by atoms with E-state index < -0.39 is 11.8 Å². The molecule has 0 aliphatic rings. The van der Waals surface area contributed by atoms with Crippen molar-refractivity contribution in [1.29, 1.82) is 0 Å². The van der Waals surface area contributed by atoms with Crippen LogP contribution in [0.3, 0.4) is 0 Å². The molecule has 0 spiro atoms. The van der Waals surface area contributed by atoms with Crippen LogP contribution >= 0.6 is 0 Å². The van der Waals surface area contributed by atoms with Gasteiger partial charge in [-0.15, -0.1) is 0 Å². The van der Waals surface area contributed by atoms with E-state index in [-0.39, 0.29) is 36.0 Å². The first-order valence-corrected chi connectivity index (χ1v) is 8.39. The Morgan fingerprint density at radius 1 is 1.16 bits per heavy atom. The fourth-order valence-corrected chi connectivity index (χ4v) is 2.25. The number of likely N-dealkylation sites (N-methyl/N-ethyl adjacent to an activating group) is 1. The number of halogens is 1. The highest BCUT2D eigenvalue weighted by Crippen LogP contribution is 2.32. The summed E-state index contributed by atoms with van der Waals surface area (Å²) < 4.78 is 29.9. The molecule has 0 heterocycles. The van der Waals surface area contributed by atoms with Crippen LogP contribution in [-0.2, 0) is 20.7 Å². The number of amides is 1. The summed E-state index contributed by atoms with van der Waals surface area (Å²) in [6.07, 6.45) is 0.506. The van der Waals surface area contributed by atoms with Gasteiger partial charge in [-0.05, 0) is 26.3 Å². The second-order valence-corrected chi connectivity index (χ2v) is 5.32. The van der Waals surface area contributed by atoms with E-state index in [9.17, 15) is 14.0 Å². The molecule has 0 bridgehead atoms. The predicted molar refractivity (Wildman–Crippen MR) is 91.3 cm³/mol. The van der Waals surface area contributed by atoms with Gasteiger partial charge in [0.05, 0.1) is 20.1 Å². The van der Waals surface area contributed by atoms with Crippen LogP contribution in [0.5, 0.6) is 11.5 Å². The van der Waals surface area contributed by atoms with E-state index in [1.54, 1.807) is 4.90 Å². The van der Waals surface area contributed by atoms with Crippen LogP contribution in [0.25, 0.3) is 0 Å². The molecule has 6 nitrogen and oxygen atoms in total. The molecule has 0 radical (unpaired) electrons. The van der Waals surface area contributed by atoms with E-state index in [0.29, 0.717) is 26.1 Å². The third-order valence-corrected chi connectivity index (χ3v) is 3.61. The number of ether oxygens (including phenoxy) is 3. The molecule has 7 heteroatoms. The Hall–Kier alpha value is -2.31. The third kappa shape index (κ3) is 5.92. The Balaban J connectivity index is 2.84. The molecule has 0 fully saturated rings. The number of hydrogen-bond donors (Lipinski definition) is 0. The number of carbonyl (C=O) groups excluding carboxylic acids is 2. The molecular formula is C18H26FNO5. The number of rotatable bonds is 10. The minimum absolute atomic E-state index is 0.117. The van der Waals surface area contributed by atoms with E-state index in [1.165, 1.54) is 19.2 Å². The van der Waals surface area contributed by atoms with Gasteiger partial charge in [-0.3, -0.25) is 9.59 Å². The highest BCUT2D eigenvalue weighted by molar-refractivity contribution is 5.78. The average molecular weight is 355 g/mol. The first-order valence-electron chi connectivity index (χ1n) is 8.39. The van der Waals surface area contributed by atoms with E-state index in [1.807, 2.05) is 20.8 Å². The molecule has 140 valence electrons. The number of carbonyl (C=O) groups is 2. The standard InChI is InChI=1S/C18H26FNO5/c1-5-10-24-16(22)11-13-8-9-14(18(23-4)17(13)19)25-12-15(21)20(6-2)7-3/h8-9H,5-7,10-12H2,1-4H3. The highest BCUT2D eigenvalue weighted by atomic mass is 19.1. The summed E-state index contributed by atoms with van der Waals surface area (Å²) in [5.74, 6) is -1.41. The Morgan fingerprint density at radius 2 is 1.84 bits per heavy atom. The van der Waals surface area contributed by atoms with Crippen LogP contribution < -0.4 is 9.47 Å². The summed E-state index contributed by atoms with van der Waals surface area (Å²) in [4.78, 5) is 25.2. The zero-order chi connectivity index (χ0) is 18.8. The van der Waals surface area contributed by atoms with Crippen LogP contribution in [0.2, 0.25) is 0 Å². The highest BCUT2D eigenvalue weighted by Gasteiger charge is 2.19. The summed E-state index contributed by atoms with van der Waals surface area (Å²) in [6.45, 7) is 6.85. The second-order valence-electron chi connectivity index (χ2n) is 5.32. The van der Waals surface area contributed by atoms with E-state index in [4.69, 9.17) is 14.2 Å². The molecule has 1 amide bonds. The van der Waals surface area contributed by atoms with Gasteiger partial charge >= 0.3 is 5.97 Å². The predicted octanol–water partition coefficient (Wildman–Crippen LogP) is 2.58. The normalized spacial score (nSPS) is 10.3. The van der Waals surface area contributed by atoms with Gasteiger partial charge in [-0.25, -0.2) is 4.39 Å². The van der Waals surface area contributed by atoms with Crippen molar-refractivity contribution in [2.24, 2.45) is 0 Å². The summed E-state index contributed by atoms with van der Waals surface area (Å²) in [5, 5.41) is 0. The van der Waals surface area contributed by atoms with Crippen molar-refractivity contribution in [3.05, 3.63) is 23.5 Å². The number of esters is 1. The number of methoxy groups -OCH3 is 1. The molecular weight excluding hydrogens is 329 g/mol. The van der Waals surface area contributed by atoms with Crippen molar-refractivity contribution in [2.45, 2.75) is 33.6 Å². The molecule has 0 saturated carbocycles. The molecule has 0 saturated heterocycles. The summed E-state index contributed by atoms with van der Waals surface area (Å²) in [7, 11) is 1.30. The SMILES string of the molecule is CCCOC(=O)Cc1ccc(OCC(=O)N(CC)CC)c(OC)c1F. The lowest BCUT2D eigenvalue weighted by Gasteiger charge is -2.19. The third-order valence-electron chi connectivity index (χ3n) is 3.61. The van der Waals surface area contributed by atoms with Gasteiger partial charge in [0.1, 0.15) is 0 Å². The van der Waals surface area contributed by atoms with Gasteiger partial charge in [0.15, 0.2) is 23.9 Å². The smallest absolute Gasteiger partial charge is 0.310 e. The lowest BCUT2D eigenvalue weighted by molar-refractivity contribution is -0.142.